The van der Waals surface area contributed by atoms with Crippen molar-refractivity contribution in [2.45, 2.75) is 40.2 Å². The number of ether oxygens (including phenoxy) is 1. The molecule has 0 aliphatic carbocycles. The summed E-state index contributed by atoms with van der Waals surface area (Å²) in [5.41, 5.74) is 4.39. The topological polar surface area (TPSA) is 45.3 Å². The normalized spacial score (nSPS) is 12.5. The molecule has 0 saturated carbocycles. The number of halogens is 1. The SMILES string of the molecule is CCN(CC)CCc1ccc2[nH]c(C)c(C(=O)OC(C)c3ccccc3Cl)c2c1. The first kappa shape index (κ1) is 21.4. The van der Waals surface area contributed by atoms with Gasteiger partial charge in [0.05, 0.1) is 5.56 Å². The Bertz CT molecular complexity index is 992. The highest BCUT2D eigenvalue weighted by atomic mass is 35.5. The molecule has 0 aliphatic heterocycles. The number of carbonyl (C=O) groups excluding carboxylic acids is 1. The van der Waals surface area contributed by atoms with E-state index in [1.54, 1.807) is 6.07 Å². The number of esters is 1. The van der Waals surface area contributed by atoms with Gasteiger partial charge in [-0.1, -0.05) is 49.7 Å². The maximum Gasteiger partial charge on any atom is 0.341 e. The van der Waals surface area contributed by atoms with E-state index in [0.29, 0.717) is 10.6 Å². The highest BCUT2D eigenvalue weighted by Gasteiger charge is 2.21. The number of carbonyl (C=O) groups is 1. The molecular weight excluding hydrogens is 384 g/mol. The van der Waals surface area contributed by atoms with Crippen molar-refractivity contribution in [3.05, 3.63) is 69.9 Å². The van der Waals surface area contributed by atoms with Crippen molar-refractivity contribution in [3.8, 4) is 0 Å². The molecule has 0 radical (unpaired) electrons. The molecule has 3 aromatic rings. The van der Waals surface area contributed by atoms with E-state index in [1.165, 1.54) is 5.56 Å². The van der Waals surface area contributed by atoms with Crippen molar-refractivity contribution in [1.82, 2.24) is 9.88 Å². The molecule has 0 amide bonds. The molecule has 4 nitrogen and oxygen atoms in total. The minimum absolute atomic E-state index is 0.331. The van der Waals surface area contributed by atoms with Crippen LogP contribution in [0, 0.1) is 6.92 Å². The number of nitrogens with one attached hydrogen (secondary N) is 1. The van der Waals surface area contributed by atoms with Crippen molar-refractivity contribution in [1.29, 1.82) is 0 Å². The molecule has 0 bridgehead atoms. The molecule has 1 N–H and O–H groups in total. The molecule has 5 heteroatoms. The lowest BCUT2D eigenvalue weighted by Crippen LogP contribution is -2.25. The van der Waals surface area contributed by atoms with E-state index >= 15 is 0 Å². The van der Waals surface area contributed by atoms with Gasteiger partial charge in [0, 0.05) is 33.7 Å². The van der Waals surface area contributed by atoms with E-state index in [1.807, 2.05) is 38.1 Å². The Morgan fingerprint density at radius 3 is 2.59 bits per heavy atom. The van der Waals surface area contributed by atoms with Gasteiger partial charge in [0.15, 0.2) is 0 Å². The molecule has 3 rings (SSSR count). The van der Waals surface area contributed by atoms with Gasteiger partial charge < -0.3 is 14.6 Å². The van der Waals surface area contributed by atoms with Crippen LogP contribution in [0.25, 0.3) is 10.9 Å². The predicted octanol–water partition coefficient (Wildman–Crippen LogP) is 5.93. The lowest BCUT2D eigenvalue weighted by molar-refractivity contribution is 0.0340. The summed E-state index contributed by atoms with van der Waals surface area (Å²) in [6, 6.07) is 13.7. The van der Waals surface area contributed by atoms with E-state index < -0.39 is 6.10 Å². The number of likely N-dealkylation sites (N-methyl/N-ethyl adjacent to an activating group) is 1. The number of aromatic amines is 1. The van der Waals surface area contributed by atoms with Crippen LogP contribution in [-0.2, 0) is 11.2 Å². The number of nitrogens with zero attached hydrogens (tertiary/aromatic N) is 1. The standard InChI is InChI=1S/C24H29ClN2O2/c1-5-27(6-2)14-13-18-11-12-22-20(15-18)23(16(3)26-22)24(28)29-17(4)19-9-7-8-10-21(19)25/h7-12,15,17,26H,5-6,13-14H2,1-4H3. The minimum Gasteiger partial charge on any atom is -0.454 e. The van der Waals surface area contributed by atoms with Crippen LogP contribution in [0.3, 0.4) is 0 Å². The van der Waals surface area contributed by atoms with Crippen LogP contribution in [0.15, 0.2) is 42.5 Å². The van der Waals surface area contributed by atoms with Gasteiger partial charge in [-0.15, -0.1) is 0 Å². The van der Waals surface area contributed by atoms with Gasteiger partial charge in [0.2, 0.25) is 0 Å². The molecule has 1 unspecified atom stereocenters. The zero-order chi connectivity index (χ0) is 21.0. The lowest BCUT2D eigenvalue weighted by Gasteiger charge is -2.17. The maximum atomic E-state index is 13.0. The molecule has 29 heavy (non-hydrogen) atoms. The maximum absolute atomic E-state index is 13.0. The minimum atomic E-state index is -0.425. The Kier molecular flexibility index (Phi) is 6.99. The van der Waals surface area contributed by atoms with Gasteiger partial charge in [0.1, 0.15) is 6.10 Å². The third-order valence-corrected chi connectivity index (χ3v) is 5.84. The quantitative estimate of drug-likeness (QED) is 0.466. The Morgan fingerprint density at radius 2 is 1.90 bits per heavy atom. The number of hydrogen-bond donors (Lipinski definition) is 1. The van der Waals surface area contributed by atoms with Crippen LogP contribution >= 0.6 is 11.6 Å². The Hall–Kier alpha value is -2.30. The van der Waals surface area contributed by atoms with Gasteiger partial charge in [-0.2, -0.15) is 0 Å². The fraction of sp³-hybridized carbons (Fsp3) is 0.375. The van der Waals surface area contributed by atoms with Crippen molar-refractivity contribution in [3.63, 3.8) is 0 Å². The number of aromatic nitrogens is 1. The molecule has 1 heterocycles. The van der Waals surface area contributed by atoms with Crippen molar-refractivity contribution in [2.24, 2.45) is 0 Å². The first-order valence-corrected chi connectivity index (χ1v) is 10.6. The highest BCUT2D eigenvalue weighted by molar-refractivity contribution is 6.31. The van der Waals surface area contributed by atoms with Crippen molar-refractivity contribution in [2.75, 3.05) is 19.6 Å². The molecule has 0 aliphatic rings. The Labute approximate surface area is 177 Å². The number of H-pyrrole nitrogens is 1. The average Bonchev–Trinajstić information content (AvgIpc) is 3.04. The van der Waals surface area contributed by atoms with Crippen molar-refractivity contribution >= 4 is 28.5 Å². The molecule has 1 atom stereocenters. The largest absolute Gasteiger partial charge is 0.454 e. The Morgan fingerprint density at radius 1 is 1.17 bits per heavy atom. The molecular formula is C24H29ClN2O2. The summed E-state index contributed by atoms with van der Waals surface area (Å²) in [6.45, 7) is 11.2. The Balaban J connectivity index is 1.84. The summed E-state index contributed by atoms with van der Waals surface area (Å²) in [5.74, 6) is -0.331. The second-order valence-corrected chi connectivity index (χ2v) is 7.76. The number of aryl methyl sites for hydroxylation is 1. The van der Waals surface area contributed by atoms with Gasteiger partial charge in [-0.25, -0.2) is 4.79 Å². The van der Waals surface area contributed by atoms with Gasteiger partial charge >= 0.3 is 5.97 Å². The van der Waals surface area contributed by atoms with E-state index in [4.69, 9.17) is 16.3 Å². The van der Waals surface area contributed by atoms with Crippen LogP contribution in [-0.4, -0.2) is 35.5 Å². The van der Waals surface area contributed by atoms with Crippen LogP contribution in [0.2, 0.25) is 5.02 Å². The van der Waals surface area contributed by atoms with E-state index in [2.05, 4.69) is 35.9 Å². The molecule has 1 aromatic heterocycles. The second-order valence-electron chi connectivity index (χ2n) is 7.35. The highest BCUT2D eigenvalue weighted by Crippen LogP contribution is 2.29. The molecule has 154 valence electrons. The number of benzene rings is 2. The monoisotopic (exact) mass is 412 g/mol. The third-order valence-electron chi connectivity index (χ3n) is 5.49. The zero-order valence-electron chi connectivity index (χ0n) is 17.6. The van der Waals surface area contributed by atoms with E-state index in [0.717, 1.165) is 48.2 Å². The summed E-state index contributed by atoms with van der Waals surface area (Å²) < 4.78 is 5.77. The second kappa shape index (κ2) is 9.47. The van der Waals surface area contributed by atoms with Crippen LogP contribution in [0.4, 0.5) is 0 Å². The summed E-state index contributed by atoms with van der Waals surface area (Å²) in [5, 5.41) is 1.51. The average molecular weight is 413 g/mol. The van der Waals surface area contributed by atoms with E-state index in [9.17, 15) is 4.79 Å². The summed E-state index contributed by atoms with van der Waals surface area (Å²) in [4.78, 5) is 18.7. The first-order chi connectivity index (χ1) is 13.9. The summed E-state index contributed by atoms with van der Waals surface area (Å²) in [7, 11) is 0. The van der Waals surface area contributed by atoms with Gasteiger partial charge in [-0.3, -0.25) is 0 Å². The number of hydrogen-bond acceptors (Lipinski definition) is 3. The van der Waals surface area contributed by atoms with Crippen LogP contribution < -0.4 is 0 Å². The first-order valence-electron chi connectivity index (χ1n) is 10.2. The lowest BCUT2D eigenvalue weighted by atomic mass is 10.1. The van der Waals surface area contributed by atoms with Gasteiger partial charge in [-0.05, 0) is 57.1 Å². The molecule has 2 aromatic carbocycles. The fourth-order valence-corrected chi connectivity index (χ4v) is 4.00. The summed E-state index contributed by atoms with van der Waals surface area (Å²) >= 11 is 6.26. The van der Waals surface area contributed by atoms with Crippen LogP contribution in [0.1, 0.15) is 54.1 Å². The molecule has 0 spiro atoms. The third kappa shape index (κ3) is 4.82. The smallest absolute Gasteiger partial charge is 0.341 e. The fourth-order valence-electron chi connectivity index (χ4n) is 3.71. The molecule has 0 fully saturated rings. The number of rotatable bonds is 8. The van der Waals surface area contributed by atoms with Gasteiger partial charge in [0.25, 0.3) is 0 Å². The zero-order valence-corrected chi connectivity index (χ0v) is 18.3. The van der Waals surface area contributed by atoms with Crippen molar-refractivity contribution < 1.29 is 9.53 Å². The summed E-state index contributed by atoms with van der Waals surface area (Å²) in [6.07, 6.45) is 0.526. The predicted molar refractivity (Wildman–Crippen MR) is 120 cm³/mol. The number of fused-ring (bicyclic) bond motifs is 1. The molecule has 0 saturated heterocycles. The van der Waals surface area contributed by atoms with Crippen LogP contribution in [0.5, 0.6) is 0 Å². The van der Waals surface area contributed by atoms with E-state index in [-0.39, 0.29) is 5.97 Å².